The van der Waals surface area contributed by atoms with Crippen LogP contribution >= 0.6 is 0 Å². The van der Waals surface area contributed by atoms with Gasteiger partial charge in [0, 0.05) is 37.9 Å². The zero-order valence-electron chi connectivity index (χ0n) is 29.0. The lowest BCUT2D eigenvalue weighted by molar-refractivity contribution is -0.164. The summed E-state index contributed by atoms with van der Waals surface area (Å²) in [5.74, 6) is -0.333. The summed E-state index contributed by atoms with van der Waals surface area (Å²) in [7, 11) is 0. The first kappa shape index (κ1) is 35.4. The lowest BCUT2D eigenvalue weighted by Crippen LogP contribution is -2.61. The summed E-state index contributed by atoms with van der Waals surface area (Å²) < 4.78 is 43.1. The third-order valence-corrected chi connectivity index (χ3v) is 9.68. The van der Waals surface area contributed by atoms with E-state index >= 15 is 0 Å². The number of para-hydroxylation sites is 2. The number of hydrogen-bond acceptors (Lipinski definition) is 6. The maximum Gasteiger partial charge on any atom is 0.330 e. The number of amides is 2. The SMILES string of the molecule is Cc1cn(CCCN2C(=O)[C@H](Oc3ccccc3)[C@@H]2c2cccc(F)c2)c(=O)n(CCCN2C(=O)[C@@H](Oc3ccccc3)[C@H]2c2cccc(F)c2)c1=O. The van der Waals surface area contributed by atoms with Crippen LogP contribution < -0.4 is 20.7 Å². The molecule has 0 N–H and O–H groups in total. The van der Waals surface area contributed by atoms with Gasteiger partial charge in [-0.2, -0.15) is 0 Å². The van der Waals surface area contributed by atoms with Crippen LogP contribution in [0.25, 0.3) is 0 Å². The van der Waals surface area contributed by atoms with Crippen molar-refractivity contribution in [1.29, 1.82) is 0 Å². The highest BCUT2D eigenvalue weighted by Crippen LogP contribution is 2.39. The maximum absolute atomic E-state index is 14.2. The molecule has 4 aromatic carbocycles. The van der Waals surface area contributed by atoms with Crippen molar-refractivity contribution >= 4 is 11.8 Å². The lowest BCUT2D eigenvalue weighted by atomic mass is 9.90. The molecule has 0 bridgehead atoms. The fourth-order valence-electron chi connectivity index (χ4n) is 7.11. The van der Waals surface area contributed by atoms with Gasteiger partial charge in [-0.05, 0) is 79.4 Å². The first-order valence-corrected chi connectivity index (χ1v) is 17.6. The number of carbonyl (C=O) groups excluding carboxylic acids is 2. The molecule has 0 aliphatic carbocycles. The second-order valence-electron chi connectivity index (χ2n) is 13.2. The van der Waals surface area contributed by atoms with Crippen LogP contribution in [-0.2, 0) is 22.7 Å². The van der Waals surface area contributed by atoms with E-state index in [-0.39, 0.29) is 44.4 Å². The number of ether oxygens (including phenoxy) is 2. The third kappa shape index (κ3) is 7.35. The van der Waals surface area contributed by atoms with E-state index in [1.807, 2.05) is 12.1 Å². The zero-order valence-corrected chi connectivity index (χ0v) is 29.0. The van der Waals surface area contributed by atoms with E-state index in [1.165, 1.54) is 35.0 Å². The third-order valence-electron chi connectivity index (χ3n) is 9.68. The molecule has 2 aliphatic rings. The summed E-state index contributed by atoms with van der Waals surface area (Å²) in [6, 6.07) is 28.9. The molecule has 2 saturated heterocycles. The van der Waals surface area contributed by atoms with E-state index in [4.69, 9.17) is 9.47 Å². The van der Waals surface area contributed by atoms with E-state index < -0.39 is 47.2 Å². The minimum Gasteiger partial charge on any atom is -0.478 e. The number of β-lactam (4-membered cyclic amide) rings is 2. The van der Waals surface area contributed by atoms with Gasteiger partial charge >= 0.3 is 5.69 Å². The quantitative estimate of drug-likeness (QED) is 0.142. The number of halogens is 2. The Kier molecular flexibility index (Phi) is 10.2. The van der Waals surface area contributed by atoms with Gasteiger partial charge in [0.2, 0.25) is 12.2 Å². The van der Waals surface area contributed by atoms with Crippen molar-refractivity contribution in [3.63, 3.8) is 0 Å². The first-order chi connectivity index (χ1) is 25.7. The predicted octanol–water partition coefficient (Wildman–Crippen LogP) is 5.44. The Balaban J connectivity index is 1.02. The average Bonchev–Trinajstić information content (AvgIpc) is 3.16. The molecule has 272 valence electrons. The minimum atomic E-state index is -0.850. The molecule has 7 rings (SSSR count). The van der Waals surface area contributed by atoms with Crippen molar-refractivity contribution in [2.24, 2.45) is 0 Å². The van der Waals surface area contributed by atoms with Crippen LogP contribution in [0.5, 0.6) is 11.5 Å². The number of nitrogens with zero attached hydrogens (tertiary/aromatic N) is 4. The molecule has 5 aromatic rings. The summed E-state index contributed by atoms with van der Waals surface area (Å²) in [5.41, 5.74) is 0.611. The van der Waals surface area contributed by atoms with Gasteiger partial charge in [0.25, 0.3) is 17.4 Å². The molecule has 0 radical (unpaired) electrons. The Bertz CT molecular complexity index is 2230. The van der Waals surface area contributed by atoms with Crippen molar-refractivity contribution in [3.05, 3.63) is 165 Å². The molecular weight excluding hydrogens is 682 g/mol. The summed E-state index contributed by atoms with van der Waals surface area (Å²) in [6.07, 6.45) is 0.499. The molecular formula is C41H38F2N4O6. The normalized spacial score (nSPS) is 19.5. The van der Waals surface area contributed by atoms with Gasteiger partial charge in [-0.25, -0.2) is 13.6 Å². The highest BCUT2D eigenvalue weighted by atomic mass is 19.1. The van der Waals surface area contributed by atoms with Gasteiger partial charge < -0.3 is 23.8 Å². The fourth-order valence-corrected chi connectivity index (χ4v) is 7.11. The summed E-state index contributed by atoms with van der Waals surface area (Å²) >= 11 is 0. The van der Waals surface area contributed by atoms with Crippen LogP contribution in [0.2, 0.25) is 0 Å². The number of rotatable bonds is 14. The molecule has 0 unspecified atom stereocenters. The molecule has 2 fully saturated rings. The number of aromatic nitrogens is 2. The number of hydrogen-bond donors (Lipinski definition) is 0. The molecule has 3 heterocycles. The van der Waals surface area contributed by atoms with Gasteiger partial charge in [0.05, 0.1) is 0 Å². The average molecular weight is 721 g/mol. The maximum atomic E-state index is 14.2. The second kappa shape index (κ2) is 15.3. The molecule has 53 heavy (non-hydrogen) atoms. The minimum absolute atomic E-state index is 0.0496. The molecule has 1 aromatic heterocycles. The number of benzene rings is 4. The Morgan fingerprint density at radius 2 is 1.06 bits per heavy atom. The molecule has 2 amide bonds. The van der Waals surface area contributed by atoms with Gasteiger partial charge in [-0.3, -0.25) is 19.0 Å². The molecule has 12 heteroatoms. The van der Waals surface area contributed by atoms with Crippen LogP contribution in [0.4, 0.5) is 8.78 Å². The van der Waals surface area contributed by atoms with Gasteiger partial charge in [-0.1, -0.05) is 60.7 Å². The Morgan fingerprint density at radius 3 is 1.53 bits per heavy atom. The zero-order chi connectivity index (χ0) is 37.1. The number of aryl methyl sites for hydroxylation is 2. The van der Waals surface area contributed by atoms with Crippen molar-refractivity contribution in [2.45, 2.75) is 57.1 Å². The molecule has 10 nitrogen and oxygen atoms in total. The highest BCUT2D eigenvalue weighted by molar-refractivity contribution is 5.90. The van der Waals surface area contributed by atoms with Crippen molar-refractivity contribution in [1.82, 2.24) is 18.9 Å². The number of carbonyl (C=O) groups is 2. The van der Waals surface area contributed by atoms with Crippen LogP contribution in [0.15, 0.2) is 125 Å². The molecule has 0 saturated carbocycles. The summed E-state index contributed by atoms with van der Waals surface area (Å²) in [4.78, 5) is 56.5. The van der Waals surface area contributed by atoms with Crippen LogP contribution in [0, 0.1) is 18.6 Å². The second-order valence-corrected chi connectivity index (χ2v) is 13.2. The highest BCUT2D eigenvalue weighted by Gasteiger charge is 2.51. The fraction of sp³-hybridized carbons (Fsp3) is 0.268. The molecule has 4 atom stereocenters. The Morgan fingerprint density at radius 1 is 0.585 bits per heavy atom. The van der Waals surface area contributed by atoms with Crippen LogP contribution in [-0.4, -0.2) is 56.0 Å². The van der Waals surface area contributed by atoms with E-state index in [2.05, 4.69) is 0 Å². The van der Waals surface area contributed by atoms with E-state index in [9.17, 15) is 28.0 Å². The topological polar surface area (TPSA) is 103 Å². The Hall–Kier alpha value is -6.04. The predicted molar refractivity (Wildman–Crippen MR) is 192 cm³/mol. The van der Waals surface area contributed by atoms with Gasteiger partial charge in [0.15, 0.2) is 0 Å². The smallest absolute Gasteiger partial charge is 0.330 e. The van der Waals surface area contributed by atoms with Crippen molar-refractivity contribution < 1.29 is 27.8 Å². The van der Waals surface area contributed by atoms with Gasteiger partial charge in [0.1, 0.15) is 35.2 Å². The van der Waals surface area contributed by atoms with E-state index in [1.54, 1.807) is 89.5 Å². The molecule has 0 spiro atoms. The standard InChI is InChI=1S/C41H38F2N4O6/c1-27-26-44(20-10-21-45-34(28-12-8-14-30(42)24-28)36(39(45)49)52-32-16-4-2-5-17-32)41(51)47(38(27)48)23-11-22-46-35(29-13-9-15-31(43)25-29)37(40(46)50)53-33-18-6-3-7-19-33/h2-9,12-19,24-26,34-37H,10-11,20-23H2,1H3/t34-,35+,36+,37-/m0/s1. The van der Waals surface area contributed by atoms with Gasteiger partial charge in [-0.15, -0.1) is 0 Å². The van der Waals surface area contributed by atoms with E-state index in [0.29, 0.717) is 34.6 Å². The Labute approximate surface area is 304 Å². The first-order valence-electron chi connectivity index (χ1n) is 17.6. The van der Waals surface area contributed by atoms with E-state index in [0.717, 1.165) is 4.57 Å². The summed E-state index contributed by atoms with van der Waals surface area (Å²) in [5, 5.41) is 0. The lowest BCUT2D eigenvalue weighted by Gasteiger charge is -2.47. The molecule has 2 aliphatic heterocycles. The number of likely N-dealkylation sites (tertiary alicyclic amines) is 2. The van der Waals surface area contributed by atoms with Crippen LogP contribution in [0.3, 0.4) is 0 Å². The largest absolute Gasteiger partial charge is 0.478 e. The van der Waals surface area contributed by atoms with Crippen LogP contribution in [0.1, 0.15) is 41.6 Å². The van der Waals surface area contributed by atoms with Crippen molar-refractivity contribution in [2.75, 3.05) is 13.1 Å². The monoisotopic (exact) mass is 720 g/mol. The van der Waals surface area contributed by atoms with Crippen molar-refractivity contribution in [3.8, 4) is 11.5 Å². The summed E-state index contributed by atoms with van der Waals surface area (Å²) in [6.45, 7) is 2.37.